The Hall–Kier alpha value is -3.94. The molecule has 13 heteroatoms. The SMILES string of the molecule is CN1CCN(C(=O)N[C@@H](Cc2ccccc2)C(=O)N[C@@H](CCc2ccccc2)CSS(=O)(=O)c2ccc([N+](=O)[O-])cc2)CC1. The summed E-state index contributed by atoms with van der Waals surface area (Å²) in [5.74, 6) is -0.356. The fraction of sp³-hybridized carbons (Fsp3) is 0.355. The maximum absolute atomic E-state index is 13.8. The summed E-state index contributed by atoms with van der Waals surface area (Å²) in [4.78, 5) is 41.1. The van der Waals surface area contributed by atoms with Crippen LogP contribution in [0.3, 0.4) is 0 Å². The van der Waals surface area contributed by atoms with E-state index >= 15 is 0 Å². The third kappa shape index (κ3) is 9.79. The average molecular weight is 640 g/mol. The summed E-state index contributed by atoms with van der Waals surface area (Å²) < 4.78 is 26.2. The van der Waals surface area contributed by atoms with E-state index in [1.165, 1.54) is 12.1 Å². The zero-order valence-electron chi connectivity index (χ0n) is 24.5. The van der Waals surface area contributed by atoms with E-state index in [-0.39, 0.29) is 28.8 Å². The van der Waals surface area contributed by atoms with Crippen molar-refractivity contribution in [2.24, 2.45) is 0 Å². The highest BCUT2D eigenvalue weighted by Crippen LogP contribution is 2.26. The van der Waals surface area contributed by atoms with E-state index in [9.17, 15) is 28.1 Å². The summed E-state index contributed by atoms with van der Waals surface area (Å²) >= 11 is 0. The number of nitrogens with one attached hydrogen (secondary N) is 2. The Morgan fingerprint density at radius 2 is 1.48 bits per heavy atom. The van der Waals surface area contributed by atoms with Gasteiger partial charge in [-0.25, -0.2) is 13.2 Å². The number of amides is 3. The first-order valence-corrected chi connectivity index (χ1v) is 17.4. The smallest absolute Gasteiger partial charge is 0.318 e. The van der Waals surface area contributed by atoms with E-state index in [1.807, 2.05) is 67.7 Å². The number of likely N-dealkylation sites (N-methyl/N-ethyl adjacent to an activating group) is 1. The second-order valence-corrected chi connectivity index (χ2v) is 14.7. The lowest BCUT2D eigenvalue weighted by Crippen LogP contribution is -2.57. The topological polar surface area (TPSA) is 142 Å². The molecule has 234 valence electrons. The molecule has 1 heterocycles. The number of non-ortho nitro benzene ring substituents is 1. The normalized spacial score (nSPS) is 15.2. The van der Waals surface area contributed by atoms with Gasteiger partial charge < -0.3 is 20.4 Å². The van der Waals surface area contributed by atoms with Crippen LogP contribution in [0, 0.1) is 10.1 Å². The summed E-state index contributed by atoms with van der Waals surface area (Å²) in [7, 11) is -1.19. The Balaban J connectivity index is 1.49. The summed E-state index contributed by atoms with van der Waals surface area (Å²) in [6.45, 7) is 2.59. The van der Waals surface area contributed by atoms with Crippen molar-refractivity contribution >= 4 is 37.3 Å². The molecule has 0 unspecified atom stereocenters. The van der Waals surface area contributed by atoms with Crippen LogP contribution in [0.5, 0.6) is 0 Å². The molecule has 44 heavy (non-hydrogen) atoms. The average Bonchev–Trinajstić information content (AvgIpc) is 3.03. The largest absolute Gasteiger partial charge is 0.351 e. The number of benzene rings is 3. The third-order valence-electron chi connectivity index (χ3n) is 7.42. The number of piperazine rings is 1. The first kappa shape index (κ1) is 33.0. The van der Waals surface area contributed by atoms with E-state index in [0.29, 0.717) is 36.7 Å². The van der Waals surface area contributed by atoms with E-state index < -0.39 is 31.8 Å². The van der Waals surface area contributed by atoms with Crippen molar-refractivity contribution < 1.29 is 22.9 Å². The first-order chi connectivity index (χ1) is 21.1. The summed E-state index contributed by atoms with van der Waals surface area (Å²) in [6, 6.07) is 22.1. The van der Waals surface area contributed by atoms with E-state index in [0.717, 1.165) is 36.3 Å². The molecule has 1 fully saturated rings. The number of nitro groups is 1. The molecule has 1 aliphatic heterocycles. The molecule has 3 aromatic carbocycles. The Kier molecular flexibility index (Phi) is 11.8. The van der Waals surface area contributed by atoms with Crippen LogP contribution in [0.2, 0.25) is 0 Å². The Morgan fingerprint density at radius 3 is 2.07 bits per heavy atom. The first-order valence-electron chi connectivity index (χ1n) is 14.4. The highest BCUT2D eigenvalue weighted by atomic mass is 33.1. The second kappa shape index (κ2) is 15.7. The van der Waals surface area contributed by atoms with Crippen LogP contribution in [0.25, 0.3) is 0 Å². The van der Waals surface area contributed by atoms with Crippen LogP contribution < -0.4 is 10.6 Å². The molecule has 0 bridgehead atoms. The van der Waals surface area contributed by atoms with Gasteiger partial charge in [0.05, 0.1) is 9.82 Å². The Labute approximate surface area is 261 Å². The van der Waals surface area contributed by atoms with Gasteiger partial charge in [0.25, 0.3) is 5.69 Å². The molecule has 0 radical (unpaired) electrons. The summed E-state index contributed by atoms with van der Waals surface area (Å²) in [5, 5.41) is 16.9. The molecule has 3 amide bonds. The summed E-state index contributed by atoms with van der Waals surface area (Å²) in [5.41, 5.74) is 1.71. The van der Waals surface area contributed by atoms with Crippen molar-refractivity contribution in [1.82, 2.24) is 20.4 Å². The van der Waals surface area contributed by atoms with Crippen LogP contribution >= 0.6 is 10.8 Å². The Morgan fingerprint density at radius 1 is 0.886 bits per heavy atom. The Bertz CT molecular complexity index is 1500. The maximum Gasteiger partial charge on any atom is 0.318 e. The van der Waals surface area contributed by atoms with E-state index in [2.05, 4.69) is 15.5 Å². The highest BCUT2D eigenvalue weighted by molar-refractivity contribution is 8.72. The van der Waals surface area contributed by atoms with Crippen LogP contribution in [0.15, 0.2) is 89.8 Å². The van der Waals surface area contributed by atoms with Gasteiger partial charge in [0.15, 0.2) is 0 Å². The fourth-order valence-corrected chi connectivity index (χ4v) is 7.74. The van der Waals surface area contributed by atoms with Crippen molar-refractivity contribution in [3.8, 4) is 0 Å². The minimum Gasteiger partial charge on any atom is -0.351 e. The molecule has 0 spiro atoms. The van der Waals surface area contributed by atoms with Gasteiger partial charge >= 0.3 is 6.03 Å². The standard InChI is InChI=1S/C31H37N5O6S2/c1-34-18-20-35(21-19-34)31(38)33-29(22-25-10-6-3-7-11-25)30(37)32-26(13-12-24-8-4-2-5-9-24)23-43-44(41,42)28-16-14-27(15-17-28)36(39)40/h2-11,14-17,26,29H,12-13,18-23H2,1H3,(H,32,37)(H,33,38)/t26-,29-/m0/s1. The quantitative estimate of drug-likeness (QED) is 0.164. The zero-order chi connectivity index (χ0) is 31.5. The predicted octanol–water partition coefficient (Wildman–Crippen LogP) is 3.70. The molecule has 4 rings (SSSR count). The van der Waals surface area contributed by atoms with Gasteiger partial charge in [0, 0.05) is 56.5 Å². The minimum absolute atomic E-state index is 0.0440. The monoisotopic (exact) mass is 639 g/mol. The minimum atomic E-state index is -3.86. The number of carbonyl (C=O) groups excluding carboxylic acids is 2. The molecule has 1 saturated heterocycles. The van der Waals surface area contributed by atoms with Gasteiger partial charge in [-0.15, -0.1) is 0 Å². The molecule has 0 aliphatic carbocycles. The molecule has 1 aliphatic rings. The van der Waals surface area contributed by atoms with E-state index in [4.69, 9.17) is 0 Å². The fourth-order valence-electron chi connectivity index (χ4n) is 4.77. The lowest BCUT2D eigenvalue weighted by Gasteiger charge is -2.33. The molecular weight excluding hydrogens is 603 g/mol. The molecule has 0 saturated carbocycles. The molecule has 11 nitrogen and oxygen atoms in total. The van der Waals surface area contributed by atoms with Gasteiger partial charge in [-0.3, -0.25) is 14.9 Å². The van der Waals surface area contributed by atoms with Crippen LogP contribution in [-0.2, 0) is 26.5 Å². The number of hydrogen-bond acceptors (Lipinski definition) is 8. The number of hydrogen-bond donors (Lipinski definition) is 2. The molecule has 2 atom stereocenters. The van der Waals surface area contributed by atoms with Gasteiger partial charge in [-0.2, -0.15) is 0 Å². The lowest BCUT2D eigenvalue weighted by atomic mass is 10.0. The lowest BCUT2D eigenvalue weighted by molar-refractivity contribution is -0.384. The number of nitrogens with zero attached hydrogens (tertiary/aromatic N) is 3. The second-order valence-electron chi connectivity index (χ2n) is 10.7. The van der Waals surface area contributed by atoms with Crippen molar-refractivity contribution in [3.05, 3.63) is 106 Å². The molecule has 2 N–H and O–H groups in total. The van der Waals surface area contributed by atoms with Crippen LogP contribution in [0.4, 0.5) is 10.5 Å². The van der Waals surface area contributed by atoms with Crippen LogP contribution in [-0.4, -0.2) is 86.1 Å². The number of nitro benzene ring substituents is 1. The third-order valence-corrected chi connectivity index (χ3v) is 11.0. The molecule has 0 aromatic heterocycles. The van der Waals surface area contributed by atoms with Crippen molar-refractivity contribution in [1.29, 1.82) is 0 Å². The van der Waals surface area contributed by atoms with Gasteiger partial charge in [-0.1, -0.05) is 60.7 Å². The van der Waals surface area contributed by atoms with Gasteiger partial charge in [0.1, 0.15) is 6.04 Å². The highest BCUT2D eigenvalue weighted by Gasteiger charge is 2.28. The molecule has 3 aromatic rings. The number of rotatable bonds is 13. The number of carbonyl (C=O) groups is 2. The molecular formula is C31H37N5O6S2. The van der Waals surface area contributed by atoms with E-state index in [1.54, 1.807) is 4.90 Å². The predicted molar refractivity (Wildman–Crippen MR) is 171 cm³/mol. The van der Waals surface area contributed by atoms with Crippen molar-refractivity contribution in [2.75, 3.05) is 39.0 Å². The van der Waals surface area contributed by atoms with Crippen LogP contribution in [0.1, 0.15) is 17.5 Å². The maximum atomic E-state index is 13.8. The van der Waals surface area contributed by atoms with Gasteiger partial charge in [0.2, 0.25) is 14.8 Å². The zero-order valence-corrected chi connectivity index (χ0v) is 26.1. The number of urea groups is 1. The van der Waals surface area contributed by atoms with Gasteiger partial charge in [-0.05, 0) is 53.9 Å². The number of aryl methyl sites for hydroxylation is 1. The van der Waals surface area contributed by atoms with Crippen molar-refractivity contribution in [3.63, 3.8) is 0 Å². The summed E-state index contributed by atoms with van der Waals surface area (Å²) in [6.07, 6.45) is 1.33. The van der Waals surface area contributed by atoms with Crippen molar-refractivity contribution in [2.45, 2.75) is 36.2 Å².